The summed E-state index contributed by atoms with van der Waals surface area (Å²) in [5.41, 5.74) is 3.05. The summed E-state index contributed by atoms with van der Waals surface area (Å²) in [6.45, 7) is 8.74. The van der Waals surface area contributed by atoms with Gasteiger partial charge in [0, 0.05) is 0 Å². The van der Waals surface area contributed by atoms with Crippen LogP contribution in [0.25, 0.3) is 0 Å². The van der Waals surface area contributed by atoms with Gasteiger partial charge in [-0.15, -0.1) is 0 Å². The van der Waals surface area contributed by atoms with Crippen LogP contribution in [0.5, 0.6) is 0 Å². The molecule has 0 saturated heterocycles. The molecule has 0 atom stereocenters. The van der Waals surface area contributed by atoms with Gasteiger partial charge in [-0.05, 0) is 52.9 Å². The van der Waals surface area contributed by atoms with Gasteiger partial charge in [0.15, 0.2) is 0 Å². The normalized spacial score (nSPS) is 13.9. The first-order valence-electron chi connectivity index (χ1n) is 6.13. The molecule has 0 saturated carbocycles. The van der Waals surface area contributed by atoms with Crippen LogP contribution in [0, 0.1) is 0 Å². The number of allylic oxidation sites excluding steroid dienone is 6. The van der Waals surface area contributed by atoms with Crippen molar-refractivity contribution < 1.29 is 0 Å². The van der Waals surface area contributed by atoms with Gasteiger partial charge in [0.05, 0.1) is 0 Å². The Morgan fingerprint density at radius 1 is 0.933 bits per heavy atom. The highest BCUT2D eigenvalue weighted by Gasteiger charge is 1.90. The maximum absolute atomic E-state index is 2.39. The van der Waals surface area contributed by atoms with Crippen LogP contribution >= 0.6 is 0 Å². The molecule has 0 bridgehead atoms. The lowest BCUT2D eigenvalue weighted by Gasteiger charge is -2.00. The maximum atomic E-state index is 2.39. The highest BCUT2D eigenvalue weighted by atomic mass is 14.0. The second-order valence-electron chi connectivity index (χ2n) is 4.16. The highest BCUT2D eigenvalue weighted by molar-refractivity contribution is 5.04. The van der Waals surface area contributed by atoms with E-state index in [4.69, 9.17) is 0 Å². The molecule has 0 rings (SSSR count). The second kappa shape index (κ2) is 9.76. The molecule has 0 unspecified atom stereocenters. The number of hydrogen-bond donors (Lipinski definition) is 0. The molecule has 15 heavy (non-hydrogen) atoms. The highest BCUT2D eigenvalue weighted by Crippen LogP contribution is 2.10. The molecule has 0 aliphatic rings. The fourth-order valence-electron chi connectivity index (χ4n) is 1.58. The Balaban J connectivity index is 3.71. The van der Waals surface area contributed by atoms with Crippen molar-refractivity contribution in [1.82, 2.24) is 0 Å². The Bertz CT molecular complexity index is 228. The first kappa shape index (κ1) is 14.2. The molecule has 0 aromatic rings. The van der Waals surface area contributed by atoms with Crippen molar-refractivity contribution in [3.05, 3.63) is 35.5 Å². The summed E-state index contributed by atoms with van der Waals surface area (Å²) in [5, 5.41) is 0. The Morgan fingerprint density at radius 2 is 1.53 bits per heavy atom. The first-order chi connectivity index (χ1) is 7.20. The Kier molecular flexibility index (Phi) is 9.26. The molecular formula is C15H26. The van der Waals surface area contributed by atoms with Crippen molar-refractivity contribution in [2.75, 3.05) is 0 Å². The van der Waals surface area contributed by atoms with E-state index in [9.17, 15) is 0 Å². The molecule has 0 fully saturated rings. The van der Waals surface area contributed by atoms with Crippen LogP contribution in [0.15, 0.2) is 35.5 Å². The van der Waals surface area contributed by atoms with Gasteiger partial charge in [0.2, 0.25) is 0 Å². The molecule has 0 radical (unpaired) electrons. The molecule has 0 nitrogen and oxygen atoms in total. The van der Waals surface area contributed by atoms with Crippen LogP contribution in [0.1, 0.15) is 59.8 Å². The fourth-order valence-corrected chi connectivity index (χ4v) is 1.58. The maximum Gasteiger partial charge on any atom is -0.0288 e. The van der Waals surface area contributed by atoms with Gasteiger partial charge in [-0.25, -0.2) is 0 Å². The van der Waals surface area contributed by atoms with Crippen LogP contribution in [0.2, 0.25) is 0 Å². The van der Waals surface area contributed by atoms with E-state index in [1.807, 2.05) is 0 Å². The monoisotopic (exact) mass is 206 g/mol. The summed E-state index contributed by atoms with van der Waals surface area (Å²) < 4.78 is 0. The fraction of sp³-hybridized carbons (Fsp3) is 0.600. The standard InChI is InChI=1S/C15H26/c1-5-7-8-11-15(4)13-9-12-14(3)10-6-2/h5,7,10,13H,6,8-9,11-12H2,1-4H3/b7-5+,14-10+,15-13+. The van der Waals surface area contributed by atoms with E-state index in [0.717, 1.165) is 6.42 Å². The van der Waals surface area contributed by atoms with Crippen molar-refractivity contribution in [3.63, 3.8) is 0 Å². The molecular weight excluding hydrogens is 180 g/mol. The summed E-state index contributed by atoms with van der Waals surface area (Å²) >= 11 is 0. The second-order valence-corrected chi connectivity index (χ2v) is 4.16. The SMILES string of the molecule is C/C=C/CC/C(C)=C/CC/C(C)=C/CC. The van der Waals surface area contributed by atoms with Crippen molar-refractivity contribution in [2.45, 2.75) is 59.8 Å². The summed E-state index contributed by atoms with van der Waals surface area (Å²) in [5.74, 6) is 0. The van der Waals surface area contributed by atoms with Gasteiger partial charge in [-0.2, -0.15) is 0 Å². The number of rotatable bonds is 7. The predicted molar refractivity (Wildman–Crippen MR) is 71.1 cm³/mol. The summed E-state index contributed by atoms with van der Waals surface area (Å²) in [6, 6.07) is 0. The van der Waals surface area contributed by atoms with Crippen LogP contribution in [0.3, 0.4) is 0 Å². The molecule has 0 aromatic carbocycles. The molecule has 0 aliphatic carbocycles. The molecule has 0 heteroatoms. The molecule has 86 valence electrons. The smallest absolute Gasteiger partial charge is 0.0288 e. The average Bonchev–Trinajstić information content (AvgIpc) is 2.18. The Labute approximate surface area is 95.8 Å². The van der Waals surface area contributed by atoms with Crippen molar-refractivity contribution >= 4 is 0 Å². The van der Waals surface area contributed by atoms with E-state index in [-0.39, 0.29) is 0 Å². The van der Waals surface area contributed by atoms with Crippen molar-refractivity contribution in [3.8, 4) is 0 Å². The number of hydrogen-bond acceptors (Lipinski definition) is 0. The largest absolute Gasteiger partial charge is 0.0917 e. The van der Waals surface area contributed by atoms with E-state index in [1.165, 1.54) is 36.8 Å². The van der Waals surface area contributed by atoms with E-state index >= 15 is 0 Å². The topological polar surface area (TPSA) is 0 Å². The zero-order chi connectivity index (χ0) is 11.5. The lowest BCUT2D eigenvalue weighted by Crippen LogP contribution is -1.79. The van der Waals surface area contributed by atoms with Gasteiger partial charge in [-0.3, -0.25) is 0 Å². The van der Waals surface area contributed by atoms with Crippen LogP contribution in [-0.4, -0.2) is 0 Å². The Morgan fingerprint density at radius 3 is 2.13 bits per heavy atom. The predicted octanol–water partition coefficient (Wildman–Crippen LogP) is 5.43. The van der Waals surface area contributed by atoms with E-state index in [0.29, 0.717) is 0 Å². The molecule has 0 aromatic heterocycles. The minimum atomic E-state index is 1.16. The molecule has 0 aliphatic heterocycles. The summed E-state index contributed by atoms with van der Waals surface area (Å²) in [4.78, 5) is 0. The van der Waals surface area contributed by atoms with Crippen LogP contribution in [-0.2, 0) is 0 Å². The zero-order valence-electron chi connectivity index (χ0n) is 10.8. The average molecular weight is 206 g/mol. The minimum Gasteiger partial charge on any atom is -0.0917 e. The van der Waals surface area contributed by atoms with Crippen LogP contribution < -0.4 is 0 Å². The van der Waals surface area contributed by atoms with E-state index < -0.39 is 0 Å². The van der Waals surface area contributed by atoms with Crippen molar-refractivity contribution in [2.24, 2.45) is 0 Å². The van der Waals surface area contributed by atoms with Gasteiger partial charge in [-0.1, -0.05) is 42.4 Å². The van der Waals surface area contributed by atoms with Crippen LogP contribution in [0.4, 0.5) is 0 Å². The zero-order valence-corrected chi connectivity index (χ0v) is 10.8. The molecule has 0 heterocycles. The van der Waals surface area contributed by atoms with Gasteiger partial charge >= 0.3 is 0 Å². The van der Waals surface area contributed by atoms with E-state index in [1.54, 1.807) is 0 Å². The lowest BCUT2D eigenvalue weighted by atomic mass is 10.1. The first-order valence-corrected chi connectivity index (χ1v) is 6.13. The quantitative estimate of drug-likeness (QED) is 0.487. The van der Waals surface area contributed by atoms with E-state index in [2.05, 4.69) is 52.0 Å². The third-order valence-electron chi connectivity index (χ3n) is 2.53. The minimum absolute atomic E-state index is 1.16. The molecule has 0 N–H and O–H groups in total. The third-order valence-corrected chi connectivity index (χ3v) is 2.53. The Hall–Kier alpha value is -0.780. The third kappa shape index (κ3) is 9.52. The lowest BCUT2D eigenvalue weighted by molar-refractivity contribution is 0.916. The van der Waals surface area contributed by atoms with Crippen molar-refractivity contribution in [1.29, 1.82) is 0 Å². The molecule has 0 amide bonds. The summed E-state index contributed by atoms with van der Waals surface area (Å²) in [6.07, 6.45) is 15.0. The van der Waals surface area contributed by atoms with Gasteiger partial charge in [0.1, 0.15) is 0 Å². The summed E-state index contributed by atoms with van der Waals surface area (Å²) in [7, 11) is 0. The van der Waals surface area contributed by atoms with Gasteiger partial charge < -0.3 is 0 Å². The molecule has 0 spiro atoms. The van der Waals surface area contributed by atoms with Gasteiger partial charge in [0.25, 0.3) is 0 Å².